The quantitative estimate of drug-likeness (QED) is 0.173. The zero-order valence-electron chi connectivity index (χ0n) is 36.7. The summed E-state index contributed by atoms with van der Waals surface area (Å²) in [5.41, 5.74) is 8.70. The van der Waals surface area contributed by atoms with Crippen LogP contribution in [0.1, 0.15) is 88.7 Å². The first-order valence-electron chi connectivity index (χ1n) is 24.8. The lowest BCUT2D eigenvalue weighted by molar-refractivity contribution is -0.0155. The number of para-hydroxylation sites is 3. The summed E-state index contributed by atoms with van der Waals surface area (Å²) in [6.45, 7) is 0. The van der Waals surface area contributed by atoms with Crippen molar-refractivity contribution in [3.8, 4) is 22.8 Å². The maximum Gasteiger partial charge on any atom is 0.163 e. The summed E-state index contributed by atoms with van der Waals surface area (Å²) in [4.78, 5) is 17.0. The van der Waals surface area contributed by atoms with Crippen molar-refractivity contribution in [1.82, 2.24) is 24.1 Å². The predicted molar refractivity (Wildman–Crippen MR) is 267 cm³/mol. The highest BCUT2D eigenvalue weighted by Gasteiger charge is 2.56. The van der Waals surface area contributed by atoms with E-state index in [0.717, 1.165) is 64.2 Å². The average molecular weight is 862 g/mol. The van der Waals surface area contributed by atoms with E-state index in [1.54, 1.807) is 0 Å². The Labute approximate surface area is 382 Å². The minimum atomic E-state index is 0.120. The van der Waals surface area contributed by atoms with Crippen LogP contribution in [0.4, 0.5) is 0 Å². The summed E-state index contributed by atoms with van der Waals surface area (Å²) < 4.78 is 7.76. The third-order valence-electron chi connectivity index (χ3n) is 18.1. The molecule has 0 amide bonds. The van der Waals surface area contributed by atoms with E-state index in [1.165, 1.54) is 147 Å². The second kappa shape index (κ2) is 12.9. The van der Waals surface area contributed by atoms with Crippen LogP contribution in [0, 0.1) is 35.5 Å². The van der Waals surface area contributed by atoms with Crippen LogP contribution >= 0.6 is 11.3 Å². The Morgan fingerprint density at radius 2 is 0.846 bits per heavy atom. The zero-order chi connectivity index (χ0) is 42.2. The first kappa shape index (κ1) is 36.4. The summed E-state index contributed by atoms with van der Waals surface area (Å²) in [6.07, 6.45) is 16.2. The van der Waals surface area contributed by atoms with Gasteiger partial charge in [-0.2, -0.15) is 0 Å². The van der Waals surface area contributed by atoms with Gasteiger partial charge in [0.1, 0.15) is 11.6 Å². The maximum absolute atomic E-state index is 5.76. The largest absolute Gasteiger partial charge is 0.308 e. The summed E-state index contributed by atoms with van der Waals surface area (Å²) in [5, 5.41) is 7.86. The van der Waals surface area contributed by atoms with Crippen LogP contribution in [-0.4, -0.2) is 24.1 Å². The van der Waals surface area contributed by atoms with Crippen LogP contribution in [0.2, 0.25) is 0 Å². The molecule has 4 heterocycles. The standard InChI is InChI=1S/C59H51N5S/c1-2-10-41(11-3-1)63-47-16-8-5-13-44(47)50-52(63)49-43-12-4-7-15-46(43)64(53(49)51-45-14-6-9-17-48(45)65-54(50)51)42-20-18-40(19-21-42)55-60-56(58-28-34-22-35(29-58)24-36(23-34)30-58)62-57(61-55)59-31-37-25-38(32-59)27-39(26-37)33-59/h1-21,34-39H,22-33H2. The van der Waals surface area contributed by atoms with E-state index in [9.17, 15) is 0 Å². The summed E-state index contributed by atoms with van der Waals surface area (Å²) >= 11 is 1.94. The number of fused-ring (bicyclic) bond motifs is 12. The normalized spacial score (nSPS) is 28.9. The molecule has 0 atom stereocenters. The van der Waals surface area contributed by atoms with Gasteiger partial charge in [0.15, 0.2) is 5.82 Å². The second-order valence-electron chi connectivity index (χ2n) is 22.0. The third kappa shape index (κ3) is 5.02. The first-order chi connectivity index (χ1) is 32.0. The van der Waals surface area contributed by atoms with Crippen LogP contribution in [0.15, 0.2) is 127 Å². The lowest BCUT2D eigenvalue weighted by atomic mass is 9.49. The molecule has 5 nitrogen and oxygen atoms in total. The van der Waals surface area contributed by atoms with Crippen molar-refractivity contribution in [1.29, 1.82) is 0 Å². The van der Waals surface area contributed by atoms with Crippen LogP contribution in [-0.2, 0) is 10.8 Å². The monoisotopic (exact) mass is 861 g/mol. The number of nitrogens with zero attached hydrogens (tertiary/aromatic N) is 5. The molecule has 8 bridgehead atoms. The molecule has 0 aliphatic heterocycles. The Morgan fingerprint density at radius 1 is 0.415 bits per heavy atom. The van der Waals surface area contributed by atoms with E-state index in [-0.39, 0.29) is 10.8 Å². The fourth-order valence-electron chi connectivity index (χ4n) is 16.5. The smallest absolute Gasteiger partial charge is 0.163 e. The van der Waals surface area contributed by atoms with Crippen LogP contribution < -0.4 is 0 Å². The maximum atomic E-state index is 5.76. The molecule has 318 valence electrons. The van der Waals surface area contributed by atoms with Gasteiger partial charge in [0.05, 0.1) is 22.1 Å². The molecule has 0 unspecified atom stereocenters. The van der Waals surface area contributed by atoms with Crippen LogP contribution in [0.25, 0.3) is 86.5 Å². The Bertz CT molecular complexity index is 3490. The van der Waals surface area contributed by atoms with Crippen LogP contribution in [0.3, 0.4) is 0 Å². The lowest BCUT2D eigenvalue weighted by Crippen LogP contribution is -2.51. The molecular formula is C59H51N5S. The van der Waals surface area contributed by atoms with E-state index in [4.69, 9.17) is 15.0 Å². The van der Waals surface area contributed by atoms with E-state index < -0.39 is 0 Å². The van der Waals surface area contributed by atoms with E-state index in [0.29, 0.717) is 0 Å². The predicted octanol–water partition coefficient (Wildman–Crippen LogP) is 15.0. The van der Waals surface area contributed by atoms with Gasteiger partial charge in [-0.05, 0) is 167 Å². The summed E-state index contributed by atoms with van der Waals surface area (Å²) in [6, 6.07) is 47.5. The second-order valence-corrected chi connectivity index (χ2v) is 23.1. The summed E-state index contributed by atoms with van der Waals surface area (Å²) in [7, 11) is 0. The molecular weight excluding hydrogens is 811 g/mol. The zero-order valence-corrected chi connectivity index (χ0v) is 37.5. The molecule has 8 saturated carbocycles. The van der Waals surface area contributed by atoms with Crippen molar-refractivity contribution in [2.24, 2.45) is 35.5 Å². The molecule has 6 heteroatoms. The number of rotatable bonds is 5. The molecule has 10 aromatic rings. The van der Waals surface area contributed by atoms with Gasteiger partial charge < -0.3 is 9.13 Å². The SMILES string of the molecule is c1ccc(-n2c3ccccc3c3c4sc5ccccc5c4c4c(c5ccccc5n4-c4ccc(-c5nc(C67CC8CC(CC(C8)C6)C7)nc(C67CC8CC(CC(C8)C6)C7)n5)cc4)c32)cc1. The van der Waals surface area contributed by atoms with Crippen molar-refractivity contribution in [3.05, 3.63) is 139 Å². The van der Waals surface area contributed by atoms with Crippen molar-refractivity contribution >= 4 is 75.1 Å². The Balaban J connectivity index is 0.935. The van der Waals surface area contributed by atoms with Gasteiger partial charge in [-0.3, -0.25) is 0 Å². The van der Waals surface area contributed by atoms with Gasteiger partial charge in [-0.1, -0.05) is 72.8 Å². The molecule has 6 aromatic carbocycles. The topological polar surface area (TPSA) is 48.5 Å². The number of aromatic nitrogens is 5. The average Bonchev–Trinajstić information content (AvgIpc) is 3.99. The highest BCUT2D eigenvalue weighted by atomic mass is 32.1. The molecule has 8 aliphatic carbocycles. The number of thiophene rings is 1. The molecule has 8 aliphatic rings. The van der Waals surface area contributed by atoms with Gasteiger partial charge in [0.2, 0.25) is 0 Å². The van der Waals surface area contributed by atoms with Crippen molar-refractivity contribution in [2.75, 3.05) is 0 Å². The first-order valence-corrected chi connectivity index (χ1v) is 25.6. The Kier molecular flexibility index (Phi) is 7.24. The van der Waals surface area contributed by atoms with E-state index in [1.807, 2.05) is 11.3 Å². The molecule has 0 N–H and O–H groups in total. The molecule has 8 fully saturated rings. The van der Waals surface area contributed by atoms with E-state index >= 15 is 0 Å². The highest BCUT2D eigenvalue weighted by molar-refractivity contribution is 7.27. The fraction of sp³-hybridized carbons (Fsp3) is 0.339. The molecule has 0 spiro atoms. The minimum Gasteiger partial charge on any atom is -0.308 e. The van der Waals surface area contributed by atoms with Gasteiger partial charge in [-0.15, -0.1) is 11.3 Å². The van der Waals surface area contributed by atoms with Gasteiger partial charge in [0.25, 0.3) is 0 Å². The molecule has 65 heavy (non-hydrogen) atoms. The van der Waals surface area contributed by atoms with Crippen molar-refractivity contribution < 1.29 is 0 Å². The number of hydrogen-bond acceptors (Lipinski definition) is 4. The number of benzene rings is 6. The summed E-state index contributed by atoms with van der Waals surface area (Å²) in [5.74, 6) is 8.29. The van der Waals surface area contributed by atoms with Crippen molar-refractivity contribution in [2.45, 2.75) is 87.9 Å². The van der Waals surface area contributed by atoms with E-state index in [2.05, 4.69) is 137 Å². The Morgan fingerprint density at radius 3 is 1.38 bits per heavy atom. The third-order valence-corrected chi connectivity index (χ3v) is 19.3. The minimum absolute atomic E-state index is 0.120. The lowest BCUT2D eigenvalue weighted by Gasteiger charge is -2.57. The molecule has 4 aromatic heterocycles. The van der Waals surface area contributed by atoms with Crippen LogP contribution in [0.5, 0.6) is 0 Å². The van der Waals surface area contributed by atoms with Crippen molar-refractivity contribution in [3.63, 3.8) is 0 Å². The molecule has 18 rings (SSSR count). The molecule has 0 saturated heterocycles. The van der Waals surface area contributed by atoms with Gasteiger partial charge >= 0.3 is 0 Å². The Hall–Kier alpha value is -5.85. The molecule has 0 radical (unpaired) electrons. The van der Waals surface area contributed by atoms with Gasteiger partial charge in [-0.25, -0.2) is 15.0 Å². The highest BCUT2D eigenvalue weighted by Crippen LogP contribution is 2.63. The number of hydrogen-bond donors (Lipinski definition) is 0. The fourth-order valence-corrected chi connectivity index (χ4v) is 17.8. The van der Waals surface area contributed by atoms with Gasteiger partial charge in [0, 0.05) is 69.5 Å².